The quantitative estimate of drug-likeness (QED) is 0.685. The van der Waals surface area contributed by atoms with Gasteiger partial charge in [0.25, 0.3) is 0 Å². The zero-order valence-electron chi connectivity index (χ0n) is 11.6. The Kier molecular flexibility index (Phi) is 7.04. The van der Waals surface area contributed by atoms with Crippen molar-refractivity contribution in [3.63, 3.8) is 0 Å². The van der Waals surface area contributed by atoms with Crippen molar-refractivity contribution >= 4 is 0 Å². The van der Waals surface area contributed by atoms with Crippen molar-refractivity contribution in [2.75, 3.05) is 46.4 Å². The largest absolute Gasteiger partial charge is 0.389 e. The van der Waals surface area contributed by atoms with Gasteiger partial charge in [0.15, 0.2) is 0 Å². The van der Waals surface area contributed by atoms with Crippen LogP contribution < -0.4 is 0 Å². The summed E-state index contributed by atoms with van der Waals surface area (Å²) in [5.41, 5.74) is 0. The van der Waals surface area contributed by atoms with Crippen LogP contribution in [0.25, 0.3) is 0 Å². The molecule has 17 heavy (non-hydrogen) atoms. The Labute approximate surface area is 106 Å². The second-order valence-corrected chi connectivity index (χ2v) is 5.35. The Morgan fingerprint density at radius 3 is 2.53 bits per heavy atom. The lowest BCUT2D eigenvalue weighted by atomic mass is 10.3. The van der Waals surface area contributed by atoms with Crippen LogP contribution in [0.3, 0.4) is 0 Å². The van der Waals surface area contributed by atoms with Crippen molar-refractivity contribution < 1.29 is 9.84 Å². The molecular weight excluding hydrogens is 216 g/mol. The van der Waals surface area contributed by atoms with Crippen LogP contribution in [0.1, 0.15) is 26.7 Å². The minimum atomic E-state index is -0.374. The molecule has 0 aromatic carbocycles. The van der Waals surface area contributed by atoms with E-state index in [2.05, 4.69) is 16.8 Å². The molecule has 0 saturated carbocycles. The molecule has 1 unspecified atom stereocenters. The maximum atomic E-state index is 9.78. The topological polar surface area (TPSA) is 35.9 Å². The fraction of sp³-hybridized carbons (Fsp3) is 1.00. The molecule has 1 aliphatic heterocycles. The van der Waals surface area contributed by atoms with Crippen molar-refractivity contribution in [1.29, 1.82) is 0 Å². The monoisotopic (exact) mass is 244 g/mol. The highest BCUT2D eigenvalue weighted by Gasteiger charge is 2.13. The van der Waals surface area contributed by atoms with Gasteiger partial charge in [-0.15, -0.1) is 0 Å². The van der Waals surface area contributed by atoms with E-state index in [1.54, 1.807) is 0 Å². The molecule has 1 fully saturated rings. The molecule has 1 saturated heterocycles. The van der Waals surface area contributed by atoms with E-state index in [0.717, 1.165) is 13.1 Å². The van der Waals surface area contributed by atoms with E-state index in [0.29, 0.717) is 13.2 Å². The number of hydrogen-bond donors (Lipinski definition) is 1. The number of rotatable bonds is 8. The van der Waals surface area contributed by atoms with Gasteiger partial charge in [0.1, 0.15) is 0 Å². The van der Waals surface area contributed by atoms with E-state index in [1.165, 1.54) is 25.9 Å². The first-order valence-electron chi connectivity index (χ1n) is 6.78. The van der Waals surface area contributed by atoms with Gasteiger partial charge in [-0.2, -0.15) is 0 Å². The molecule has 0 bridgehead atoms. The Hall–Kier alpha value is -0.160. The lowest BCUT2D eigenvalue weighted by Gasteiger charge is -2.23. The SMILES string of the molecule is CC(C)OCC(O)CN(C)CCN1CCCC1. The van der Waals surface area contributed by atoms with Gasteiger partial charge >= 0.3 is 0 Å². The Bertz CT molecular complexity index is 194. The minimum absolute atomic E-state index is 0.194. The van der Waals surface area contributed by atoms with Crippen LogP contribution in [0.5, 0.6) is 0 Å². The number of likely N-dealkylation sites (tertiary alicyclic amines) is 1. The van der Waals surface area contributed by atoms with Crippen LogP contribution in [0.4, 0.5) is 0 Å². The summed E-state index contributed by atoms with van der Waals surface area (Å²) in [5.74, 6) is 0. The number of aliphatic hydroxyl groups excluding tert-OH is 1. The van der Waals surface area contributed by atoms with Gasteiger partial charge in [-0.3, -0.25) is 0 Å². The highest BCUT2D eigenvalue weighted by Crippen LogP contribution is 2.06. The second kappa shape index (κ2) is 8.03. The first-order chi connectivity index (χ1) is 8.08. The molecule has 1 N–H and O–H groups in total. The van der Waals surface area contributed by atoms with Crippen LogP contribution in [0, 0.1) is 0 Å². The molecule has 1 rings (SSSR count). The molecule has 0 aliphatic carbocycles. The van der Waals surface area contributed by atoms with Gasteiger partial charge in [0, 0.05) is 19.6 Å². The van der Waals surface area contributed by atoms with Crippen molar-refractivity contribution in [2.24, 2.45) is 0 Å². The summed E-state index contributed by atoms with van der Waals surface area (Å²) in [5, 5.41) is 9.78. The molecule has 4 heteroatoms. The van der Waals surface area contributed by atoms with Crippen molar-refractivity contribution in [3.8, 4) is 0 Å². The van der Waals surface area contributed by atoms with Crippen molar-refractivity contribution in [1.82, 2.24) is 9.80 Å². The normalized spacial score (nSPS) is 19.4. The van der Waals surface area contributed by atoms with Crippen LogP contribution >= 0.6 is 0 Å². The third-order valence-electron chi connectivity index (χ3n) is 3.14. The molecule has 0 aromatic heterocycles. The van der Waals surface area contributed by atoms with Crippen LogP contribution in [-0.2, 0) is 4.74 Å². The first-order valence-corrected chi connectivity index (χ1v) is 6.78. The van der Waals surface area contributed by atoms with Crippen LogP contribution in [0.15, 0.2) is 0 Å². The van der Waals surface area contributed by atoms with E-state index in [9.17, 15) is 5.11 Å². The molecule has 0 spiro atoms. The summed E-state index contributed by atoms with van der Waals surface area (Å²) in [6, 6.07) is 0. The molecule has 0 aromatic rings. The standard InChI is InChI=1S/C13H28N2O2/c1-12(2)17-11-13(16)10-14(3)8-9-15-6-4-5-7-15/h12-13,16H,4-11H2,1-3H3. The smallest absolute Gasteiger partial charge is 0.0900 e. The fourth-order valence-corrected chi connectivity index (χ4v) is 2.13. The number of likely N-dealkylation sites (N-methyl/N-ethyl adjacent to an activating group) is 1. The zero-order valence-corrected chi connectivity index (χ0v) is 11.6. The van der Waals surface area contributed by atoms with Gasteiger partial charge < -0.3 is 19.6 Å². The number of ether oxygens (including phenoxy) is 1. The van der Waals surface area contributed by atoms with Crippen molar-refractivity contribution in [3.05, 3.63) is 0 Å². The van der Waals surface area contributed by atoms with E-state index in [-0.39, 0.29) is 12.2 Å². The highest BCUT2D eigenvalue weighted by molar-refractivity contribution is 4.68. The molecule has 0 amide bonds. The second-order valence-electron chi connectivity index (χ2n) is 5.35. The predicted octanol–water partition coefficient (Wildman–Crippen LogP) is 0.800. The molecule has 1 heterocycles. The average Bonchev–Trinajstić information content (AvgIpc) is 2.76. The van der Waals surface area contributed by atoms with Crippen LogP contribution in [0.2, 0.25) is 0 Å². The van der Waals surface area contributed by atoms with Gasteiger partial charge in [0.05, 0.1) is 18.8 Å². The number of hydrogen-bond acceptors (Lipinski definition) is 4. The molecule has 0 radical (unpaired) electrons. The third-order valence-corrected chi connectivity index (χ3v) is 3.14. The zero-order chi connectivity index (χ0) is 12.7. The van der Waals surface area contributed by atoms with Crippen LogP contribution in [-0.4, -0.2) is 73.5 Å². The molecule has 102 valence electrons. The number of nitrogens with zero attached hydrogens (tertiary/aromatic N) is 2. The molecular formula is C13H28N2O2. The lowest BCUT2D eigenvalue weighted by Crippen LogP contribution is -2.37. The molecule has 1 aliphatic rings. The van der Waals surface area contributed by atoms with Gasteiger partial charge in [0.2, 0.25) is 0 Å². The summed E-state index contributed by atoms with van der Waals surface area (Å²) in [6.45, 7) is 9.74. The maximum Gasteiger partial charge on any atom is 0.0900 e. The van der Waals surface area contributed by atoms with E-state index in [1.807, 2.05) is 13.8 Å². The summed E-state index contributed by atoms with van der Waals surface area (Å²) < 4.78 is 5.40. The lowest BCUT2D eigenvalue weighted by molar-refractivity contribution is -0.00609. The summed E-state index contributed by atoms with van der Waals surface area (Å²) in [6.07, 6.45) is 2.50. The predicted molar refractivity (Wildman–Crippen MR) is 70.3 cm³/mol. The summed E-state index contributed by atoms with van der Waals surface area (Å²) in [7, 11) is 2.06. The Morgan fingerprint density at radius 2 is 1.94 bits per heavy atom. The minimum Gasteiger partial charge on any atom is -0.389 e. The van der Waals surface area contributed by atoms with Gasteiger partial charge in [-0.05, 0) is 46.8 Å². The fourth-order valence-electron chi connectivity index (χ4n) is 2.13. The third kappa shape index (κ3) is 6.99. The maximum absolute atomic E-state index is 9.78. The average molecular weight is 244 g/mol. The van der Waals surface area contributed by atoms with E-state index < -0.39 is 0 Å². The van der Waals surface area contributed by atoms with Gasteiger partial charge in [-0.1, -0.05) is 0 Å². The first kappa shape index (κ1) is 14.9. The molecule has 1 atom stereocenters. The van der Waals surface area contributed by atoms with Gasteiger partial charge in [-0.25, -0.2) is 0 Å². The summed E-state index contributed by atoms with van der Waals surface area (Å²) >= 11 is 0. The van der Waals surface area contributed by atoms with Crippen molar-refractivity contribution in [2.45, 2.75) is 38.9 Å². The van der Waals surface area contributed by atoms with E-state index >= 15 is 0 Å². The highest BCUT2D eigenvalue weighted by atomic mass is 16.5. The Morgan fingerprint density at radius 1 is 1.29 bits per heavy atom. The number of aliphatic hydroxyl groups is 1. The molecule has 4 nitrogen and oxygen atoms in total. The summed E-state index contributed by atoms with van der Waals surface area (Å²) in [4.78, 5) is 4.68. The Balaban J connectivity index is 2.04. The van der Waals surface area contributed by atoms with E-state index in [4.69, 9.17) is 4.74 Å².